The molecule has 0 aromatic rings. The van der Waals surface area contributed by atoms with E-state index in [1.807, 2.05) is 6.92 Å². The van der Waals surface area contributed by atoms with Crippen LogP contribution < -0.4 is 0 Å². The van der Waals surface area contributed by atoms with E-state index in [0.717, 1.165) is 5.75 Å². The Morgan fingerprint density at radius 3 is 2.50 bits per heavy atom. The fourth-order valence-electron chi connectivity index (χ4n) is 1.37. The molecule has 6 heteroatoms. The second kappa shape index (κ2) is 5.58. The summed E-state index contributed by atoms with van der Waals surface area (Å²) in [6, 6.07) is 0. The summed E-state index contributed by atoms with van der Waals surface area (Å²) in [5.41, 5.74) is -0.279. The Kier molecular flexibility index (Phi) is 5.02. The number of rotatable bonds is 3. The molecule has 1 heterocycles. The Bertz CT molecular complexity index is 177. The SMILES string of the molecule is CCS[C@@H]1O[C@H](CO)[C@H](O)[C@H](O)[C@H]1S. The van der Waals surface area contributed by atoms with E-state index in [0.29, 0.717) is 0 Å². The molecular weight excluding hydrogens is 224 g/mol. The molecule has 0 aromatic heterocycles. The Morgan fingerprint density at radius 1 is 1.36 bits per heavy atom. The molecule has 1 rings (SSSR count). The van der Waals surface area contributed by atoms with Crippen LogP contribution in [0.25, 0.3) is 0 Å². The van der Waals surface area contributed by atoms with E-state index in [1.54, 1.807) is 0 Å². The van der Waals surface area contributed by atoms with Gasteiger partial charge in [-0.05, 0) is 5.75 Å². The Hall–Kier alpha value is 0.540. The molecule has 3 N–H and O–H groups in total. The van der Waals surface area contributed by atoms with E-state index >= 15 is 0 Å². The van der Waals surface area contributed by atoms with Crippen molar-refractivity contribution in [2.24, 2.45) is 0 Å². The number of hydrogen-bond donors (Lipinski definition) is 4. The van der Waals surface area contributed by atoms with Crippen molar-refractivity contribution < 1.29 is 20.1 Å². The van der Waals surface area contributed by atoms with E-state index in [-0.39, 0.29) is 12.0 Å². The molecule has 1 fully saturated rings. The molecule has 84 valence electrons. The van der Waals surface area contributed by atoms with Crippen molar-refractivity contribution in [3.8, 4) is 0 Å². The number of aliphatic hydroxyl groups is 3. The minimum atomic E-state index is -1.06. The second-order valence-corrected chi connectivity index (χ2v) is 5.12. The van der Waals surface area contributed by atoms with Crippen molar-refractivity contribution in [3.05, 3.63) is 0 Å². The molecule has 0 bridgehead atoms. The lowest BCUT2D eigenvalue weighted by atomic mass is 10.0. The predicted molar refractivity (Wildman–Crippen MR) is 58.7 cm³/mol. The molecule has 0 saturated carbocycles. The van der Waals surface area contributed by atoms with Gasteiger partial charge in [-0.15, -0.1) is 11.8 Å². The average Bonchev–Trinajstić information content (AvgIpc) is 2.19. The fraction of sp³-hybridized carbons (Fsp3) is 1.00. The highest BCUT2D eigenvalue weighted by Crippen LogP contribution is 2.31. The monoisotopic (exact) mass is 240 g/mol. The van der Waals surface area contributed by atoms with Crippen LogP contribution in [0.4, 0.5) is 0 Å². The fourth-order valence-corrected chi connectivity index (χ4v) is 2.78. The number of ether oxygens (including phenoxy) is 1. The van der Waals surface area contributed by atoms with Gasteiger partial charge in [-0.3, -0.25) is 0 Å². The molecule has 0 aliphatic carbocycles. The zero-order valence-electron chi connectivity index (χ0n) is 7.91. The lowest BCUT2D eigenvalue weighted by Crippen LogP contribution is -2.55. The summed E-state index contributed by atoms with van der Waals surface area (Å²) >= 11 is 5.69. The van der Waals surface area contributed by atoms with Gasteiger partial charge in [-0.2, -0.15) is 12.6 Å². The van der Waals surface area contributed by atoms with Gasteiger partial charge in [-0.25, -0.2) is 0 Å². The molecule has 5 atom stereocenters. The highest BCUT2D eigenvalue weighted by Gasteiger charge is 2.42. The first kappa shape index (κ1) is 12.6. The van der Waals surface area contributed by atoms with Crippen LogP contribution in [0.5, 0.6) is 0 Å². The Balaban J connectivity index is 2.63. The van der Waals surface area contributed by atoms with Crippen LogP contribution in [0.2, 0.25) is 0 Å². The smallest absolute Gasteiger partial charge is 0.118 e. The summed E-state index contributed by atoms with van der Waals surface area (Å²) in [6.45, 7) is 1.68. The van der Waals surface area contributed by atoms with Crippen LogP contribution >= 0.6 is 24.4 Å². The minimum Gasteiger partial charge on any atom is -0.394 e. The maximum absolute atomic E-state index is 9.61. The van der Waals surface area contributed by atoms with Crippen LogP contribution in [0.15, 0.2) is 0 Å². The predicted octanol–water partition coefficient (Wildman–Crippen LogP) is -0.523. The third kappa shape index (κ3) is 2.56. The zero-order chi connectivity index (χ0) is 10.7. The van der Waals surface area contributed by atoms with Gasteiger partial charge in [0.15, 0.2) is 0 Å². The van der Waals surface area contributed by atoms with Crippen molar-refractivity contribution >= 4 is 24.4 Å². The summed E-state index contributed by atoms with van der Waals surface area (Å²) in [6.07, 6.45) is -2.72. The maximum Gasteiger partial charge on any atom is 0.118 e. The lowest BCUT2D eigenvalue weighted by Gasteiger charge is -2.40. The molecule has 0 spiro atoms. The van der Waals surface area contributed by atoms with Gasteiger partial charge < -0.3 is 20.1 Å². The third-order valence-corrected chi connectivity index (χ3v) is 4.02. The van der Waals surface area contributed by atoms with Gasteiger partial charge in [0.25, 0.3) is 0 Å². The van der Waals surface area contributed by atoms with E-state index in [2.05, 4.69) is 12.6 Å². The van der Waals surface area contributed by atoms with Crippen LogP contribution in [0, 0.1) is 0 Å². The normalized spacial score (nSPS) is 43.9. The number of hydrogen-bond acceptors (Lipinski definition) is 6. The van der Waals surface area contributed by atoms with Crippen molar-refractivity contribution in [1.82, 2.24) is 0 Å². The average molecular weight is 240 g/mol. The van der Waals surface area contributed by atoms with Gasteiger partial charge in [0.1, 0.15) is 17.6 Å². The molecule has 0 radical (unpaired) electrons. The van der Waals surface area contributed by atoms with Gasteiger partial charge in [0, 0.05) is 0 Å². The number of thiol groups is 1. The summed E-state index contributed by atoms with van der Waals surface area (Å²) in [7, 11) is 0. The lowest BCUT2D eigenvalue weighted by molar-refractivity contribution is -0.152. The first-order chi connectivity index (χ1) is 6.61. The number of thioether (sulfide) groups is 1. The second-order valence-electron chi connectivity index (χ2n) is 3.15. The van der Waals surface area contributed by atoms with E-state index in [1.165, 1.54) is 11.8 Å². The number of aliphatic hydroxyl groups excluding tert-OH is 3. The first-order valence-electron chi connectivity index (χ1n) is 4.54. The summed E-state index contributed by atoms with van der Waals surface area (Å²) < 4.78 is 5.40. The summed E-state index contributed by atoms with van der Waals surface area (Å²) in [5, 5.41) is 27.6. The van der Waals surface area contributed by atoms with Crippen molar-refractivity contribution in [3.63, 3.8) is 0 Å². The topological polar surface area (TPSA) is 69.9 Å². The van der Waals surface area contributed by atoms with Crippen LogP contribution in [0.1, 0.15) is 6.92 Å². The van der Waals surface area contributed by atoms with Crippen LogP contribution in [-0.4, -0.2) is 56.7 Å². The summed E-state index contributed by atoms with van der Waals surface area (Å²) in [5.74, 6) is 0.836. The van der Waals surface area contributed by atoms with Crippen LogP contribution in [0.3, 0.4) is 0 Å². The highest BCUT2D eigenvalue weighted by atomic mass is 32.2. The molecule has 0 amide bonds. The van der Waals surface area contributed by atoms with Gasteiger partial charge >= 0.3 is 0 Å². The maximum atomic E-state index is 9.61. The molecule has 14 heavy (non-hydrogen) atoms. The van der Waals surface area contributed by atoms with Gasteiger partial charge in [-0.1, -0.05) is 6.92 Å². The molecule has 0 aromatic carbocycles. The third-order valence-electron chi connectivity index (χ3n) is 2.18. The molecule has 1 saturated heterocycles. The zero-order valence-corrected chi connectivity index (χ0v) is 9.62. The highest BCUT2D eigenvalue weighted by molar-refractivity contribution is 8.00. The quantitative estimate of drug-likeness (QED) is 0.500. The van der Waals surface area contributed by atoms with Crippen molar-refractivity contribution in [2.45, 2.75) is 35.9 Å². The molecule has 0 unspecified atom stereocenters. The Morgan fingerprint density at radius 2 is 2.00 bits per heavy atom. The van der Waals surface area contributed by atoms with Gasteiger partial charge in [0.05, 0.1) is 18.0 Å². The van der Waals surface area contributed by atoms with E-state index < -0.39 is 23.6 Å². The minimum absolute atomic E-state index is 0.279. The molecule has 1 aliphatic rings. The summed E-state index contributed by atoms with van der Waals surface area (Å²) in [4.78, 5) is 0. The van der Waals surface area contributed by atoms with Crippen LogP contribution in [-0.2, 0) is 4.74 Å². The largest absolute Gasteiger partial charge is 0.394 e. The molecule has 4 nitrogen and oxygen atoms in total. The first-order valence-corrected chi connectivity index (χ1v) is 6.10. The standard InChI is InChI=1S/C8H16O4S2/c1-2-14-8-7(13)6(11)5(10)4(3-9)12-8/h4-11,13H,2-3H2,1H3/t4-,5+,6+,7-,8+/m1/s1. The van der Waals surface area contributed by atoms with E-state index in [4.69, 9.17) is 9.84 Å². The van der Waals surface area contributed by atoms with E-state index in [9.17, 15) is 10.2 Å². The van der Waals surface area contributed by atoms with Crippen molar-refractivity contribution in [1.29, 1.82) is 0 Å². The van der Waals surface area contributed by atoms with Crippen molar-refractivity contribution in [2.75, 3.05) is 12.4 Å². The molecule has 1 aliphatic heterocycles. The van der Waals surface area contributed by atoms with Gasteiger partial charge in [0.2, 0.25) is 0 Å². The molecular formula is C8H16O4S2. The Labute approximate surface area is 93.1 Å².